The molecule has 0 unspecified atom stereocenters. The van der Waals surface area contributed by atoms with Crippen molar-refractivity contribution in [2.75, 3.05) is 7.11 Å². The fraction of sp³-hybridized carbons (Fsp3) is 0.200. The van der Waals surface area contributed by atoms with E-state index >= 15 is 0 Å². The molecule has 1 amide bonds. The van der Waals surface area contributed by atoms with Crippen molar-refractivity contribution >= 4 is 16.9 Å². The number of para-hydroxylation sites is 3. The van der Waals surface area contributed by atoms with Gasteiger partial charge in [-0.2, -0.15) is 0 Å². The Morgan fingerprint density at radius 2 is 1.74 bits per heavy atom. The molecule has 3 aromatic carbocycles. The summed E-state index contributed by atoms with van der Waals surface area (Å²) in [5.41, 5.74) is 3.84. The molecule has 0 bridgehead atoms. The molecule has 6 nitrogen and oxygen atoms in total. The van der Waals surface area contributed by atoms with Crippen LogP contribution in [-0.2, 0) is 24.5 Å². The predicted molar refractivity (Wildman–Crippen MR) is 120 cm³/mol. The molecule has 1 N–H and O–H groups in total. The van der Waals surface area contributed by atoms with Gasteiger partial charge in [0.2, 0.25) is 5.91 Å². The second-order valence-electron chi connectivity index (χ2n) is 7.29. The van der Waals surface area contributed by atoms with Crippen LogP contribution in [0.4, 0.5) is 0 Å². The van der Waals surface area contributed by atoms with Gasteiger partial charge in [-0.25, -0.2) is 4.98 Å². The maximum absolute atomic E-state index is 12.7. The van der Waals surface area contributed by atoms with E-state index in [2.05, 4.69) is 10.3 Å². The van der Waals surface area contributed by atoms with Crippen molar-refractivity contribution in [1.82, 2.24) is 14.9 Å². The minimum Gasteiger partial charge on any atom is -0.496 e. The van der Waals surface area contributed by atoms with E-state index in [4.69, 9.17) is 9.47 Å². The average molecular weight is 415 g/mol. The van der Waals surface area contributed by atoms with Crippen LogP contribution >= 0.6 is 0 Å². The van der Waals surface area contributed by atoms with Gasteiger partial charge in [-0.3, -0.25) is 4.79 Å². The molecule has 1 aromatic heterocycles. The number of carbonyl (C=O) groups is 1. The molecule has 1 heterocycles. The molecule has 6 heteroatoms. The highest BCUT2D eigenvalue weighted by molar-refractivity contribution is 5.81. The number of benzene rings is 3. The number of nitrogens with one attached hydrogen (secondary N) is 1. The number of hydrogen-bond acceptors (Lipinski definition) is 4. The molecule has 0 aliphatic heterocycles. The highest BCUT2D eigenvalue weighted by Crippen LogP contribution is 2.20. The largest absolute Gasteiger partial charge is 0.496 e. The van der Waals surface area contributed by atoms with Crippen LogP contribution in [0.25, 0.3) is 11.0 Å². The Balaban J connectivity index is 1.49. The van der Waals surface area contributed by atoms with Crippen molar-refractivity contribution in [1.29, 1.82) is 0 Å². The fourth-order valence-electron chi connectivity index (χ4n) is 3.44. The van der Waals surface area contributed by atoms with E-state index in [-0.39, 0.29) is 19.1 Å². The molecule has 4 rings (SSSR count). The summed E-state index contributed by atoms with van der Waals surface area (Å²) >= 11 is 0. The van der Waals surface area contributed by atoms with Crippen molar-refractivity contribution in [2.45, 2.75) is 26.6 Å². The summed E-state index contributed by atoms with van der Waals surface area (Å²) in [6.07, 6.45) is 0. The van der Waals surface area contributed by atoms with Crippen LogP contribution in [0.2, 0.25) is 0 Å². The Labute approximate surface area is 181 Å². The first-order chi connectivity index (χ1) is 15.1. The normalized spacial score (nSPS) is 10.8. The number of rotatable bonds is 8. The number of ether oxygens (including phenoxy) is 2. The Hall–Kier alpha value is -3.80. The number of carbonyl (C=O) groups excluding carboxylic acids is 1. The van der Waals surface area contributed by atoms with Gasteiger partial charge in [0.1, 0.15) is 30.5 Å². The van der Waals surface area contributed by atoms with Crippen LogP contribution in [-0.4, -0.2) is 22.6 Å². The number of hydrogen-bond donors (Lipinski definition) is 1. The van der Waals surface area contributed by atoms with Gasteiger partial charge in [0.15, 0.2) is 0 Å². The zero-order valence-electron chi connectivity index (χ0n) is 17.7. The standard InChI is InChI=1S/C25H25N3O3/c1-18-11-13-20(14-12-18)31-17-24-27-21-8-4-5-9-22(21)28(24)16-25(29)26-15-19-7-3-6-10-23(19)30-2/h3-14H,15-17H2,1-2H3,(H,26,29). The maximum atomic E-state index is 12.7. The van der Waals surface area contributed by atoms with Crippen molar-refractivity contribution in [3.8, 4) is 11.5 Å². The quantitative estimate of drug-likeness (QED) is 0.467. The van der Waals surface area contributed by atoms with Crippen molar-refractivity contribution in [3.63, 3.8) is 0 Å². The minimum absolute atomic E-state index is 0.106. The third-order valence-electron chi connectivity index (χ3n) is 5.09. The molecule has 0 saturated carbocycles. The first kappa shape index (κ1) is 20.5. The fourth-order valence-corrected chi connectivity index (χ4v) is 3.44. The number of methoxy groups -OCH3 is 1. The molecular weight excluding hydrogens is 390 g/mol. The number of aromatic nitrogens is 2. The molecule has 0 radical (unpaired) electrons. The summed E-state index contributed by atoms with van der Waals surface area (Å²) in [6.45, 7) is 2.86. The van der Waals surface area contributed by atoms with Crippen LogP contribution < -0.4 is 14.8 Å². The van der Waals surface area contributed by atoms with E-state index in [0.717, 1.165) is 28.1 Å². The van der Waals surface area contributed by atoms with Gasteiger partial charge in [-0.15, -0.1) is 0 Å². The number of fused-ring (bicyclic) bond motifs is 1. The predicted octanol–water partition coefficient (Wildman–Crippen LogP) is 4.25. The lowest BCUT2D eigenvalue weighted by molar-refractivity contribution is -0.121. The summed E-state index contributed by atoms with van der Waals surface area (Å²) < 4.78 is 13.2. The van der Waals surface area contributed by atoms with Crippen LogP contribution in [0.3, 0.4) is 0 Å². The van der Waals surface area contributed by atoms with Crippen molar-refractivity contribution < 1.29 is 14.3 Å². The molecule has 0 aliphatic carbocycles. The maximum Gasteiger partial charge on any atom is 0.240 e. The van der Waals surface area contributed by atoms with E-state index in [0.29, 0.717) is 12.4 Å². The van der Waals surface area contributed by atoms with Gasteiger partial charge in [0.25, 0.3) is 0 Å². The smallest absolute Gasteiger partial charge is 0.240 e. The number of amides is 1. The highest BCUT2D eigenvalue weighted by Gasteiger charge is 2.14. The van der Waals surface area contributed by atoms with E-state index < -0.39 is 0 Å². The van der Waals surface area contributed by atoms with Gasteiger partial charge in [-0.05, 0) is 37.3 Å². The molecule has 0 spiro atoms. The van der Waals surface area contributed by atoms with Crippen LogP contribution in [0.5, 0.6) is 11.5 Å². The second kappa shape index (κ2) is 9.34. The van der Waals surface area contributed by atoms with Crippen LogP contribution in [0.1, 0.15) is 17.0 Å². The zero-order chi connectivity index (χ0) is 21.6. The molecule has 31 heavy (non-hydrogen) atoms. The van der Waals surface area contributed by atoms with E-state index in [1.54, 1.807) is 7.11 Å². The number of imidazole rings is 1. The lowest BCUT2D eigenvalue weighted by Gasteiger charge is -2.12. The number of nitrogens with zero attached hydrogens (tertiary/aromatic N) is 2. The molecule has 0 saturated heterocycles. The third-order valence-corrected chi connectivity index (χ3v) is 5.09. The lowest BCUT2D eigenvalue weighted by Crippen LogP contribution is -2.28. The van der Waals surface area contributed by atoms with Gasteiger partial charge < -0.3 is 19.4 Å². The van der Waals surface area contributed by atoms with Crippen LogP contribution in [0, 0.1) is 6.92 Å². The zero-order valence-corrected chi connectivity index (χ0v) is 17.7. The van der Waals surface area contributed by atoms with Crippen molar-refractivity contribution in [2.24, 2.45) is 0 Å². The Morgan fingerprint density at radius 1 is 1.00 bits per heavy atom. The monoisotopic (exact) mass is 415 g/mol. The van der Waals surface area contributed by atoms with Gasteiger partial charge >= 0.3 is 0 Å². The molecule has 0 atom stereocenters. The Morgan fingerprint density at radius 3 is 2.55 bits per heavy atom. The van der Waals surface area contributed by atoms with Gasteiger partial charge in [0.05, 0.1) is 18.1 Å². The topological polar surface area (TPSA) is 65.4 Å². The van der Waals surface area contributed by atoms with Gasteiger partial charge in [-0.1, -0.05) is 48.0 Å². The SMILES string of the molecule is COc1ccccc1CNC(=O)Cn1c(COc2ccc(C)cc2)nc2ccccc21. The molecule has 4 aromatic rings. The first-order valence-electron chi connectivity index (χ1n) is 10.2. The second-order valence-corrected chi connectivity index (χ2v) is 7.29. The van der Waals surface area contributed by atoms with E-state index in [9.17, 15) is 4.79 Å². The third kappa shape index (κ3) is 4.86. The average Bonchev–Trinajstić information content (AvgIpc) is 3.14. The molecular formula is C25H25N3O3. The van der Waals surface area contributed by atoms with Gasteiger partial charge in [0, 0.05) is 12.1 Å². The molecule has 158 valence electrons. The summed E-state index contributed by atoms with van der Waals surface area (Å²) in [6, 6.07) is 23.3. The van der Waals surface area contributed by atoms with E-state index in [1.807, 2.05) is 84.3 Å². The lowest BCUT2D eigenvalue weighted by atomic mass is 10.2. The minimum atomic E-state index is -0.106. The van der Waals surface area contributed by atoms with E-state index in [1.165, 1.54) is 5.56 Å². The molecule has 0 fully saturated rings. The summed E-state index contributed by atoms with van der Waals surface area (Å²) in [5.74, 6) is 2.12. The summed E-state index contributed by atoms with van der Waals surface area (Å²) in [5, 5.41) is 2.98. The Bertz CT molecular complexity index is 1180. The highest BCUT2D eigenvalue weighted by atomic mass is 16.5. The van der Waals surface area contributed by atoms with Crippen molar-refractivity contribution in [3.05, 3.63) is 89.7 Å². The molecule has 0 aliphatic rings. The summed E-state index contributed by atoms with van der Waals surface area (Å²) in [4.78, 5) is 17.4. The van der Waals surface area contributed by atoms with Crippen LogP contribution in [0.15, 0.2) is 72.8 Å². The summed E-state index contributed by atoms with van der Waals surface area (Å²) in [7, 11) is 1.62. The number of aryl methyl sites for hydroxylation is 1. The first-order valence-corrected chi connectivity index (χ1v) is 10.2. The Kier molecular flexibility index (Phi) is 6.17.